The standard InChI is InChI=1S/C26H28N2O5/c29-23(30)22-11-5-14-28(22)24(31)26(12-6-13-26)16-27-25(32)33-15-21-19-9-3-1-7-17(19)18-8-2-4-10-20(18)21/h1-4,7-10,21-22H,5-6,11-16H2,(H,27,32)(H,29,30). The second-order valence-corrected chi connectivity index (χ2v) is 9.31. The van der Waals surface area contributed by atoms with E-state index in [0.29, 0.717) is 32.2 Å². The number of fused-ring (bicyclic) bond motifs is 3. The van der Waals surface area contributed by atoms with E-state index in [4.69, 9.17) is 4.74 Å². The van der Waals surface area contributed by atoms with Crippen LogP contribution in [0.15, 0.2) is 48.5 Å². The van der Waals surface area contributed by atoms with Gasteiger partial charge in [0.25, 0.3) is 0 Å². The van der Waals surface area contributed by atoms with Gasteiger partial charge >= 0.3 is 12.1 Å². The third kappa shape index (κ3) is 3.75. The highest BCUT2D eigenvalue weighted by Gasteiger charge is 2.49. The first-order valence-corrected chi connectivity index (χ1v) is 11.6. The molecule has 33 heavy (non-hydrogen) atoms. The molecule has 1 unspecified atom stereocenters. The van der Waals surface area contributed by atoms with Gasteiger partial charge in [0.2, 0.25) is 5.91 Å². The number of nitrogens with one attached hydrogen (secondary N) is 1. The molecule has 2 aromatic carbocycles. The number of carbonyl (C=O) groups excluding carboxylic acids is 2. The lowest BCUT2D eigenvalue weighted by Crippen LogP contribution is -2.55. The molecule has 1 aliphatic heterocycles. The fraction of sp³-hybridized carbons (Fsp3) is 0.423. The highest BCUT2D eigenvalue weighted by molar-refractivity contribution is 5.89. The lowest BCUT2D eigenvalue weighted by Gasteiger charge is -2.43. The highest BCUT2D eigenvalue weighted by atomic mass is 16.5. The molecule has 2 amide bonds. The van der Waals surface area contributed by atoms with Crippen LogP contribution in [0.5, 0.6) is 0 Å². The van der Waals surface area contributed by atoms with Gasteiger partial charge in [-0.25, -0.2) is 9.59 Å². The molecule has 5 rings (SSSR count). The Kier molecular flexibility index (Phi) is 5.56. The molecular formula is C26H28N2O5. The summed E-state index contributed by atoms with van der Waals surface area (Å²) in [6.45, 7) is 0.849. The molecular weight excluding hydrogens is 420 g/mol. The third-order valence-electron chi connectivity index (χ3n) is 7.48. The predicted octanol–water partition coefficient (Wildman–Crippen LogP) is 3.77. The van der Waals surface area contributed by atoms with Gasteiger partial charge in [-0.1, -0.05) is 55.0 Å². The lowest BCUT2D eigenvalue weighted by atomic mass is 9.67. The summed E-state index contributed by atoms with van der Waals surface area (Å²) in [6.07, 6.45) is 2.82. The Hall–Kier alpha value is -3.35. The molecule has 0 aromatic heterocycles. The van der Waals surface area contributed by atoms with Gasteiger partial charge in [-0.3, -0.25) is 4.79 Å². The zero-order chi connectivity index (χ0) is 23.0. The number of alkyl carbamates (subject to hydrolysis) is 1. The summed E-state index contributed by atoms with van der Waals surface area (Å²) < 4.78 is 5.60. The molecule has 1 heterocycles. The van der Waals surface area contributed by atoms with E-state index in [-0.39, 0.29) is 25.0 Å². The average molecular weight is 449 g/mol. The summed E-state index contributed by atoms with van der Waals surface area (Å²) in [5, 5.41) is 12.2. The molecule has 172 valence electrons. The largest absolute Gasteiger partial charge is 0.480 e. The number of amides is 2. The summed E-state index contributed by atoms with van der Waals surface area (Å²) in [5.74, 6) is -1.14. The number of nitrogens with zero attached hydrogens (tertiary/aromatic N) is 1. The van der Waals surface area contributed by atoms with Crippen LogP contribution in [0.1, 0.15) is 49.1 Å². The quantitative estimate of drug-likeness (QED) is 0.701. The third-order valence-corrected chi connectivity index (χ3v) is 7.48. The normalized spacial score (nSPS) is 20.5. The second kappa shape index (κ2) is 8.54. The zero-order valence-corrected chi connectivity index (χ0v) is 18.5. The van der Waals surface area contributed by atoms with Crippen molar-refractivity contribution < 1.29 is 24.2 Å². The van der Waals surface area contributed by atoms with E-state index in [0.717, 1.165) is 17.5 Å². The number of carbonyl (C=O) groups is 3. The fourth-order valence-electron chi connectivity index (χ4n) is 5.53. The van der Waals surface area contributed by atoms with Gasteiger partial charge in [0.1, 0.15) is 12.6 Å². The Labute approximate surface area is 192 Å². The van der Waals surface area contributed by atoms with Crippen LogP contribution in [-0.2, 0) is 14.3 Å². The molecule has 2 aromatic rings. The van der Waals surface area contributed by atoms with E-state index in [1.807, 2.05) is 24.3 Å². The SMILES string of the molecule is O=C(NCC1(C(=O)N2CCCC2C(=O)O)CCC1)OCC1c2ccccc2-c2ccccc21. The van der Waals surface area contributed by atoms with Crippen molar-refractivity contribution in [2.24, 2.45) is 5.41 Å². The molecule has 2 aliphatic carbocycles. The number of hydrogen-bond acceptors (Lipinski definition) is 4. The number of likely N-dealkylation sites (tertiary alicyclic amines) is 1. The number of carboxylic acids is 1. The van der Waals surface area contributed by atoms with Crippen LogP contribution in [0.25, 0.3) is 11.1 Å². The van der Waals surface area contributed by atoms with E-state index < -0.39 is 23.5 Å². The molecule has 1 saturated carbocycles. The molecule has 7 heteroatoms. The van der Waals surface area contributed by atoms with Gasteiger partial charge in [-0.15, -0.1) is 0 Å². The maximum atomic E-state index is 13.2. The van der Waals surface area contributed by atoms with Crippen LogP contribution in [0, 0.1) is 5.41 Å². The van der Waals surface area contributed by atoms with E-state index in [1.54, 1.807) is 0 Å². The topological polar surface area (TPSA) is 95.9 Å². The van der Waals surface area contributed by atoms with E-state index in [2.05, 4.69) is 29.6 Å². The van der Waals surface area contributed by atoms with Gasteiger partial charge in [-0.2, -0.15) is 0 Å². The number of benzene rings is 2. The predicted molar refractivity (Wildman–Crippen MR) is 122 cm³/mol. The Balaban J connectivity index is 1.21. The number of rotatable bonds is 6. The van der Waals surface area contributed by atoms with Gasteiger partial charge < -0.3 is 20.1 Å². The Morgan fingerprint density at radius 1 is 1.00 bits per heavy atom. The summed E-state index contributed by atoms with van der Waals surface area (Å²) in [5.41, 5.74) is 3.90. The van der Waals surface area contributed by atoms with E-state index in [9.17, 15) is 19.5 Å². The van der Waals surface area contributed by atoms with Crippen molar-refractivity contribution in [2.45, 2.75) is 44.1 Å². The maximum absolute atomic E-state index is 13.2. The van der Waals surface area contributed by atoms with Crippen LogP contribution in [0.4, 0.5) is 4.79 Å². The van der Waals surface area contributed by atoms with Crippen LogP contribution in [-0.4, -0.2) is 53.7 Å². The van der Waals surface area contributed by atoms with Crippen LogP contribution in [0.2, 0.25) is 0 Å². The van der Waals surface area contributed by atoms with E-state index >= 15 is 0 Å². The first kappa shape index (κ1) is 21.5. The van der Waals surface area contributed by atoms with Crippen molar-refractivity contribution in [1.29, 1.82) is 0 Å². The molecule has 1 atom stereocenters. The molecule has 2 N–H and O–H groups in total. The minimum atomic E-state index is -0.959. The Morgan fingerprint density at radius 2 is 1.64 bits per heavy atom. The smallest absolute Gasteiger partial charge is 0.407 e. The van der Waals surface area contributed by atoms with Crippen molar-refractivity contribution in [3.8, 4) is 11.1 Å². The second-order valence-electron chi connectivity index (χ2n) is 9.31. The Bertz CT molecular complexity index is 1050. The monoisotopic (exact) mass is 448 g/mol. The summed E-state index contributed by atoms with van der Waals surface area (Å²) in [7, 11) is 0. The van der Waals surface area contributed by atoms with Crippen LogP contribution < -0.4 is 5.32 Å². The number of aliphatic carboxylic acids is 1. The molecule has 7 nitrogen and oxygen atoms in total. The molecule has 1 saturated heterocycles. The van der Waals surface area contributed by atoms with Crippen molar-refractivity contribution in [3.05, 3.63) is 59.7 Å². The molecule has 0 radical (unpaired) electrons. The van der Waals surface area contributed by atoms with Gasteiger partial charge in [0, 0.05) is 19.0 Å². The van der Waals surface area contributed by atoms with Gasteiger partial charge in [0.05, 0.1) is 5.41 Å². The first-order chi connectivity index (χ1) is 16.0. The number of carboxylic acid groups (broad SMARTS) is 1. The number of ether oxygens (including phenoxy) is 1. The van der Waals surface area contributed by atoms with Crippen molar-refractivity contribution >= 4 is 18.0 Å². The van der Waals surface area contributed by atoms with Crippen molar-refractivity contribution in [1.82, 2.24) is 10.2 Å². The van der Waals surface area contributed by atoms with E-state index in [1.165, 1.54) is 16.0 Å². The summed E-state index contributed by atoms with van der Waals surface area (Å²) in [4.78, 5) is 38.8. The van der Waals surface area contributed by atoms with Crippen LogP contribution in [0.3, 0.4) is 0 Å². The fourth-order valence-corrected chi connectivity index (χ4v) is 5.53. The van der Waals surface area contributed by atoms with Gasteiger partial charge in [0.15, 0.2) is 0 Å². The Morgan fingerprint density at radius 3 is 2.21 bits per heavy atom. The van der Waals surface area contributed by atoms with Crippen LogP contribution >= 0.6 is 0 Å². The van der Waals surface area contributed by atoms with Crippen molar-refractivity contribution in [2.75, 3.05) is 19.7 Å². The molecule has 2 fully saturated rings. The molecule has 0 spiro atoms. The summed E-state index contributed by atoms with van der Waals surface area (Å²) in [6, 6.07) is 15.6. The maximum Gasteiger partial charge on any atom is 0.407 e. The number of hydrogen-bond donors (Lipinski definition) is 2. The van der Waals surface area contributed by atoms with Crippen molar-refractivity contribution in [3.63, 3.8) is 0 Å². The first-order valence-electron chi connectivity index (χ1n) is 11.6. The zero-order valence-electron chi connectivity index (χ0n) is 18.5. The lowest BCUT2D eigenvalue weighted by molar-refractivity contribution is -0.156. The van der Waals surface area contributed by atoms with Gasteiger partial charge in [-0.05, 0) is 47.9 Å². The molecule has 0 bridgehead atoms. The summed E-state index contributed by atoms with van der Waals surface area (Å²) >= 11 is 0. The minimum Gasteiger partial charge on any atom is -0.480 e. The minimum absolute atomic E-state index is 0.0247. The highest BCUT2D eigenvalue weighted by Crippen LogP contribution is 2.45. The average Bonchev–Trinajstić information content (AvgIpc) is 3.40. The molecule has 3 aliphatic rings.